The van der Waals surface area contributed by atoms with Crippen molar-refractivity contribution in [2.75, 3.05) is 19.5 Å². The number of nitrogens with zero attached hydrogens (tertiary/aromatic N) is 3. The molecule has 0 radical (unpaired) electrons. The predicted molar refractivity (Wildman–Crippen MR) is 136 cm³/mol. The molecule has 2 aromatic carbocycles. The smallest absolute Gasteiger partial charge is 0.162 e. The number of aryl methyl sites for hydroxylation is 2. The summed E-state index contributed by atoms with van der Waals surface area (Å²) in [6.07, 6.45) is 2.10. The van der Waals surface area contributed by atoms with Gasteiger partial charge in [0.25, 0.3) is 0 Å². The van der Waals surface area contributed by atoms with E-state index in [-0.39, 0.29) is 6.04 Å². The van der Waals surface area contributed by atoms with Gasteiger partial charge in [0.15, 0.2) is 11.5 Å². The van der Waals surface area contributed by atoms with Crippen molar-refractivity contribution in [1.29, 1.82) is 0 Å². The lowest BCUT2D eigenvalue weighted by Crippen LogP contribution is -2.08. The number of benzene rings is 2. The number of hydrogen-bond acceptors (Lipinski definition) is 6. The van der Waals surface area contributed by atoms with Crippen LogP contribution in [-0.2, 0) is 7.05 Å². The Kier molecular flexibility index (Phi) is 5.42. The van der Waals surface area contributed by atoms with Crippen LogP contribution in [0.4, 0.5) is 5.82 Å². The number of methoxy groups -OCH3 is 2. The van der Waals surface area contributed by atoms with Crippen LogP contribution in [0.1, 0.15) is 23.7 Å². The van der Waals surface area contributed by atoms with Gasteiger partial charge in [-0.25, -0.2) is 9.97 Å². The second-order valence-corrected chi connectivity index (χ2v) is 9.23. The number of anilines is 1. The second kappa shape index (κ2) is 8.41. The van der Waals surface area contributed by atoms with Crippen molar-refractivity contribution in [3.8, 4) is 21.9 Å². The summed E-state index contributed by atoms with van der Waals surface area (Å²) in [4.78, 5) is 11.8. The van der Waals surface area contributed by atoms with E-state index in [1.807, 2.05) is 19.1 Å². The molecule has 3 heterocycles. The molecule has 0 saturated carbocycles. The maximum Gasteiger partial charge on any atom is 0.162 e. The number of nitrogens with one attached hydrogen (secondary N) is 1. The van der Waals surface area contributed by atoms with Crippen LogP contribution in [0.15, 0.2) is 54.7 Å². The fourth-order valence-corrected chi connectivity index (χ4v) is 5.14. The van der Waals surface area contributed by atoms with E-state index >= 15 is 0 Å². The quantitative estimate of drug-likeness (QED) is 0.321. The Bertz CT molecular complexity index is 1470. The van der Waals surface area contributed by atoms with Gasteiger partial charge >= 0.3 is 0 Å². The molecule has 0 spiro atoms. The molecule has 0 aliphatic rings. The van der Waals surface area contributed by atoms with Gasteiger partial charge in [-0.05, 0) is 55.8 Å². The molecule has 0 bridgehead atoms. The fourth-order valence-electron chi connectivity index (χ4n) is 4.13. The average molecular weight is 459 g/mol. The Labute approximate surface area is 196 Å². The summed E-state index contributed by atoms with van der Waals surface area (Å²) in [5.74, 6) is 2.79. The molecule has 3 aromatic heterocycles. The third-order valence-electron chi connectivity index (χ3n) is 5.89. The maximum absolute atomic E-state index is 5.50. The summed E-state index contributed by atoms with van der Waals surface area (Å²) in [7, 11) is 5.33. The van der Waals surface area contributed by atoms with E-state index in [1.165, 1.54) is 26.2 Å². The standard InChI is InChI=1S/C26H26N4O2S/c1-15(24-8-9-25(33-24)18-6-7-21-17(12-18)10-11-30(21)3)27-26-19-13-22(31-4)23(32-5)14-20(19)28-16(2)29-26/h6-15H,1-5H3,(H,27,28,29)/t15-/m0/s1. The first-order valence-electron chi connectivity index (χ1n) is 10.8. The van der Waals surface area contributed by atoms with E-state index in [1.54, 1.807) is 25.6 Å². The monoisotopic (exact) mass is 458 g/mol. The lowest BCUT2D eigenvalue weighted by Gasteiger charge is -2.16. The summed E-state index contributed by atoms with van der Waals surface area (Å²) in [6.45, 7) is 4.05. The molecule has 0 amide bonds. The Hall–Kier alpha value is -3.58. The van der Waals surface area contributed by atoms with E-state index in [2.05, 4.69) is 76.4 Å². The molecule has 0 aliphatic heterocycles. The molecule has 1 atom stereocenters. The molecule has 0 unspecified atom stereocenters. The van der Waals surface area contributed by atoms with E-state index in [0.29, 0.717) is 17.3 Å². The van der Waals surface area contributed by atoms with Gasteiger partial charge in [-0.15, -0.1) is 11.3 Å². The number of thiophene rings is 1. The van der Waals surface area contributed by atoms with Crippen LogP contribution < -0.4 is 14.8 Å². The lowest BCUT2D eigenvalue weighted by molar-refractivity contribution is 0.356. The van der Waals surface area contributed by atoms with E-state index in [4.69, 9.17) is 9.47 Å². The van der Waals surface area contributed by atoms with Gasteiger partial charge in [0.1, 0.15) is 11.6 Å². The Morgan fingerprint density at radius 3 is 2.55 bits per heavy atom. The molecule has 0 aliphatic carbocycles. The minimum atomic E-state index is 0.0785. The van der Waals surface area contributed by atoms with Crippen LogP contribution in [0.25, 0.3) is 32.2 Å². The Morgan fingerprint density at radius 2 is 1.76 bits per heavy atom. The molecule has 6 nitrogen and oxygen atoms in total. The van der Waals surface area contributed by atoms with E-state index in [0.717, 1.165) is 16.7 Å². The SMILES string of the molecule is COc1cc2nc(C)nc(N[C@@H](C)c3ccc(-c4ccc5c(ccn5C)c4)s3)c2cc1OC. The van der Waals surface area contributed by atoms with Gasteiger partial charge in [0, 0.05) is 45.4 Å². The predicted octanol–water partition coefficient (Wildman–Crippen LogP) is 6.35. The lowest BCUT2D eigenvalue weighted by atomic mass is 10.1. The van der Waals surface area contributed by atoms with Crippen LogP contribution in [0.2, 0.25) is 0 Å². The van der Waals surface area contributed by atoms with Crippen molar-refractivity contribution in [2.24, 2.45) is 7.05 Å². The minimum Gasteiger partial charge on any atom is -0.493 e. The Morgan fingerprint density at radius 1 is 0.970 bits per heavy atom. The first-order chi connectivity index (χ1) is 16.0. The van der Waals surface area contributed by atoms with Crippen LogP contribution in [0.5, 0.6) is 11.5 Å². The zero-order valence-electron chi connectivity index (χ0n) is 19.3. The van der Waals surface area contributed by atoms with Gasteiger partial charge in [-0.1, -0.05) is 6.07 Å². The van der Waals surface area contributed by atoms with Gasteiger partial charge in [0.2, 0.25) is 0 Å². The number of fused-ring (bicyclic) bond motifs is 2. The normalized spacial score (nSPS) is 12.3. The molecule has 168 valence electrons. The number of rotatable bonds is 6. The third-order valence-corrected chi connectivity index (χ3v) is 7.21. The van der Waals surface area contributed by atoms with Crippen molar-refractivity contribution in [2.45, 2.75) is 19.9 Å². The zero-order valence-corrected chi connectivity index (χ0v) is 20.2. The molecule has 0 saturated heterocycles. The van der Waals surface area contributed by atoms with Crippen molar-refractivity contribution < 1.29 is 9.47 Å². The fraction of sp³-hybridized carbons (Fsp3) is 0.231. The van der Waals surface area contributed by atoms with Crippen LogP contribution in [0, 0.1) is 6.92 Å². The molecule has 5 rings (SSSR count). The summed E-state index contributed by atoms with van der Waals surface area (Å²) in [6, 6.07) is 17.1. The second-order valence-electron chi connectivity index (χ2n) is 8.11. The highest BCUT2D eigenvalue weighted by molar-refractivity contribution is 7.15. The first-order valence-corrected chi connectivity index (χ1v) is 11.6. The summed E-state index contributed by atoms with van der Waals surface area (Å²) >= 11 is 1.79. The van der Waals surface area contributed by atoms with Gasteiger partial charge in [0.05, 0.1) is 25.8 Å². The number of hydrogen-bond donors (Lipinski definition) is 1. The highest BCUT2D eigenvalue weighted by Gasteiger charge is 2.16. The Balaban J connectivity index is 1.46. The largest absolute Gasteiger partial charge is 0.493 e. The van der Waals surface area contributed by atoms with Crippen LogP contribution in [0.3, 0.4) is 0 Å². The molecule has 0 fully saturated rings. The topological polar surface area (TPSA) is 61.2 Å². The van der Waals surface area contributed by atoms with Crippen molar-refractivity contribution in [1.82, 2.24) is 14.5 Å². The van der Waals surface area contributed by atoms with Crippen LogP contribution >= 0.6 is 11.3 Å². The van der Waals surface area contributed by atoms with Gasteiger partial charge in [-0.3, -0.25) is 0 Å². The third kappa shape index (κ3) is 3.89. The molecule has 33 heavy (non-hydrogen) atoms. The van der Waals surface area contributed by atoms with Crippen molar-refractivity contribution in [3.63, 3.8) is 0 Å². The van der Waals surface area contributed by atoms with E-state index in [9.17, 15) is 0 Å². The molecular formula is C26H26N4O2S. The number of ether oxygens (including phenoxy) is 2. The van der Waals surface area contributed by atoms with Crippen molar-refractivity contribution >= 4 is 39.0 Å². The highest BCUT2D eigenvalue weighted by atomic mass is 32.1. The molecule has 7 heteroatoms. The highest BCUT2D eigenvalue weighted by Crippen LogP contribution is 2.37. The van der Waals surface area contributed by atoms with Crippen molar-refractivity contribution in [3.05, 3.63) is 65.4 Å². The zero-order chi connectivity index (χ0) is 23.1. The van der Waals surface area contributed by atoms with Crippen LogP contribution in [-0.4, -0.2) is 28.8 Å². The minimum absolute atomic E-state index is 0.0785. The number of aromatic nitrogens is 3. The first kappa shape index (κ1) is 21.3. The summed E-state index contributed by atoms with van der Waals surface area (Å²) in [5, 5.41) is 5.74. The molecule has 1 N–H and O–H groups in total. The average Bonchev–Trinajstić information content (AvgIpc) is 3.45. The molecular weight excluding hydrogens is 432 g/mol. The summed E-state index contributed by atoms with van der Waals surface area (Å²) < 4.78 is 13.1. The van der Waals surface area contributed by atoms with Gasteiger partial charge in [-0.2, -0.15) is 0 Å². The maximum atomic E-state index is 5.50. The van der Waals surface area contributed by atoms with Gasteiger partial charge < -0.3 is 19.4 Å². The molecule has 5 aromatic rings. The summed E-state index contributed by atoms with van der Waals surface area (Å²) in [5.41, 5.74) is 3.29. The van der Waals surface area contributed by atoms with E-state index < -0.39 is 0 Å².